The normalized spacial score (nSPS) is 14.1. The largest absolute Gasteiger partial charge is 0.396 e. The van der Waals surface area contributed by atoms with E-state index in [1.807, 2.05) is 0 Å². The lowest BCUT2D eigenvalue weighted by molar-refractivity contribution is 0.198. The van der Waals surface area contributed by atoms with E-state index in [1.54, 1.807) is 0 Å². The molecule has 7 heavy (non-hydrogen) atoms. The molecule has 1 atom stereocenters. The Morgan fingerprint density at radius 3 is 2.29 bits per heavy atom. The molecule has 0 aromatic carbocycles. The molecule has 1 unspecified atom stereocenters. The second-order valence-electron chi connectivity index (χ2n) is 1.49. The van der Waals surface area contributed by atoms with Crippen LogP contribution in [0.3, 0.4) is 0 Å². The topological polar surface area (TPSA) is 20.2 Å². The Bertz CT molecular complexity index is 29.6. The molecule has 0 aromatic heterocycles. The molecule has 2 heteroatoms. The molecule has 0 saturated heterocycles. The first-order valence-electron chi connectivity index (χ1n) is 2.31. The van der Waals surface area contributed by atoms with Crippen LogP contribution < -0.4 is 0 Å². The van der Waals surface area contributed by atoms with E-state index in [1.165, 1.54) is 0 Å². The van der Waals surface area contributed by atoms with Crippen molar-refractivity contribution in [3.8, 4) is 0 Å². The van der Waals surface area contributed by atoms with Gasteiger partial charge >= 0.3 is 0 Å². The van der Waals surface area contributed by atoms with Crippen molar-refractivity contribution < 1.29 is 9.50 Å². The monoisotopic (exact) mass is 105 g/mol. The smallest absolute Gasteiger partial charge is 0.0944 e. The molecule has 0 spiro atoms. The molecule has 0 bridgehead atoms. The molecular weight excluding hydrogens is 95.1 g/mol. The molecule has 0 heterocycles. The Kier molecular flexibility index (Phi) is 4.00. The fourth-order valence-corrected chi connectivity index (χ4v) is 0.217. The second kappa shape index (κ2) is 4.06. The zero-order valence-corrected chi connectivity index (χ0v) is 4.23. The minimum Gasteiger partial charge on any atom is -0.396 e. The molecule has 1 radical (unpaired) electrons. The lowest BCUT2D eigenvalue weighted by atomic mass is 10.1. The van der Waals surface area contributed by atoms with E-state index in [4.69, 9.17) is 5.11 Å². The van der Waals surface area contributed by atoms with Gasteiger partial charge in [0.15, 0.2) is 0 Å². The molecule has 0 aliphatic heterocycles. The SMILES string of the molecule is [CH2]CC(CO)CF. The first kappa shape index (κ1) is 6.89. The molecule has 0 amide bonds. The van der Waals surface area contributed by atoms with Crippen LogP contribution in [0.5, 0.6) is 0 Å². The number of aliphatic hydroxyl groups is 1. The maximum absolute atomic E-state index is 11.5. The average molecular weight is 105 g/mol. The number of hydrogen-bond donors (Lipinski definition) is 1. The third-order valence-corrected chi connectivity index (χ3v) is 0.885. The van der Waals surface area contributed by atoms with Crippen molar-refractivity contribution in [3.05, 3.63) is 6.92 Å². The van der Waals surface area contributed by atoms with Crippen LogP contribution >= 0.6 is 0 Å². The van der Waals surface area contributed by atoms with Crippen LogP contribution in [0, 0.1) is 12.8 Å². The van der Waals surface area contributed by atoms with Gasteiger partial charge in [0, 0.05) is 12.5 Å². The van der Waals surface area contributed by atoms with E-state index in [2.05, 4.69) is 6.92 Å². The quantitative estimate of drug-likeness (QED) is 0.562. The van der Waals surface area contributed by atoms with Crippen molar-refractivity contribution in [2.45, 2.75) is 6.42 Å². The first-order valence-corrected chi connectivity index (χ1v) is 2.31. The van der Waals surface area contributed by atoms with E-state index in [0.29, 0.717) is 6.42 Å². The summed E-state index contributed by atoms with van der Waals surface area (Å²) in [4.78, 5) is 0. The van der Waals surface area contributed by atoms with Gasteiger partial charge < -0.3 is 5.11 Å². The molecule has 0 rings (SSSR count). The summed E-state index contributed by atoms with van der Waals surface area (Å²) < 4.78 is 11.5. The number of alkyl halides is 1. The van der Waals surface area contributed by atoms with E-state index in [0.717, 1.165) is 0 Å². The van der Waals surface area contributed by atoms with Gasteiger partial charge in [-0.15, -0.1) is 0 Å². The fourth-order valence-electron chi connectivity index (χ4n) is 0.217. The predicted octanol–water partition coefficient (Wildman–Crippen LogP) is 0.789. The van der Waals surface area contributed by atoms with Crippen LogP contribution in [0.4, 0.5) is 4.39 Å². The van der Waals surface area contributed by atoms with Crippen LogP contribution in [-0.4, -0.2) is 18.4 Å². The summed E-state index contributed by atoms with van der Waals surface area (Å²) in [5.41, 5.74) is 0. The van der Waals surface area contributed by atoms with E-state index >= 15 is 0 Å². The van der Waals surface area contributed by atoms with Crippen LogP contribution in [0.2, 0.25) is 0 Å². The highest BCUT2D eigenvalue weighted by atomic mass is 19.1. The molecule has 1 nitrogen and oxygen atoms in total. The van der Waals surface area contributed by atoms with E-state index in [-0.39, 0.29) is 12.5 Å². The summed E-state index contributed by atoms with van der Waals surface area (Å²) in [6, 6.07) is 0. The lowest BCUT2D eigenvalue weighted by Gasteiger charge is -2.01. The van der Waals surface area contributed by atoms with Crippen molar-refractivity contribution in [2.24, 2.45) is 5.92 Å². The van der Waals surface area contributed by atoms with E-state index < -0.39 is 6.67 Å². The lowest BCUT2D eigenvalue weighted by Crippen LogP contribution is -2.05. The van der Waals surface area contributed by atoms with Crippen molar-refractivity contribution in [3.63, 3.8) is 0 Å². The molecule has 1 N–H and O–H groups in total. The highest BCUT2D eigenvalue weighted by molar-refractivity contribution is 4.55. The molecule has 0 aliphatic rings. The number of hydrogen-bond acceptors (Lipinski definition) is 1. The van der Waals surface area contributed by atoms with Gasteiger partial charge in [-0.2, -0.15) is 0 Å². The minimum atomic E-state index is -0.458. The first-order chi connectivity index (χ1) is 3.35. The van der Waals surface area contributed by atoms with Gasteiger partial charge in [-0.05, 0) is 6.42 Å². The summed E-state index contributed by atoms with van der Waals surface area (Å²) in [6.07, 6.45) is 0.479. The summed E-state index contributed by atoms with van der Waals surface area (Å²) >= 11 is 0. The third-order valence-electron chi connectivity index (χ3n) is 0.885. The molecular formula is C5H10FO. The Labute approximate surface area is 43.2 Å². The Morgan fingerprint density at radius 2 is 2.29 bits per heavy atom. The van der Waals surface area contributed by atoms with Crippen LogP contribution in [0.15, 0.2) is 0 Å². The van der Waals surface area contributed by atoms with Crippen molar-refractivity contribution in [1.82, 2.24) is 0 Å². The third kappa shape index (κ3) is 2.57. The zero-order valence-electron chi connectivity index (χ0n) is 4.23. The molecule has 0 aromatic rings. The van der Waals surface area contributed by atoms with Gasteiger partial charge in [0.05, 0.1) is 6.67 Å². The Balaban J connectivity index is 2.99. The predicted molar refractivity (Wildman–Crippen MR) is 26.5 cm³/mol. The summed E-state index contributed by atoms with van der Waals surface area (Å²) in [5.74, 6) is -0.236. The van der Waals surface area contributed by atoms with Gasteiger partial charge in [0.1, 0.15) is 0 Å². The fraction of sp³-hybridized carbons (Fsp3) is 0.800. The highest BCUT2D eigenvalue weighted by Gasteiger charge is 2.00. The molecule has 0 saturated carbocycles. The Hall–Kier alpha value is -0.110. The standard InChI is InChI=1S/C5H10FO/c1-2-5(3-6)4-7/h5,7H,1-4H2. The summed E-state index contributed by atoms with van der Waals surface area (Å²) in [6.45, 7) is 2.89. The molecule has 43 valence electrons. The maximum atomic E-state index is 11.5. The molecule has 0 fully saturated rings. The second-order valence-corrected chi connectivity index (χ2v) is 1.49. The van der Waals surface area contributed by atoms with Gasteiger partial charge in [-0.3, -0.25) is 4.39 Å². The van der Waals surface area contributed by atoms with Gasteiger partial charge in [0.25, 0.3) is 0 Å². The average Bonchev–Trinajstić information content (AvgIpc) is 1.72. The van der Waals surface area contributed by atoms with E-state index in [9.17, 15) is 4.39 Å². The number of rotatable bonds is 3. The van der Waals surface area contributed by atoms with Crippen LogP contribution in [-0.2, 0) is 0 Å². The minimum absolute atomic E-state index is 0.0833. The maximum Gasteiger partial charge on any atom is 0.0944 e. The van der Waals surface area contributed by atoms with Gasteiger partial charge in [0.2, 0.25) is 0 Å². The summed E-state index contributed by atoms with van der Waals surface area (Å²) in [5, 5.41) is 8.25. The van der Waals surface area contributed by atoms with Crippen molar-refractivity contribution in [1.29, 1.82) is 0 Å². The van der Waals surface area contributed by atoms with Crippen LogP contribution in [0.1, 0.15) is 6.42 Å². The van der Waals surface area contributed by atoms with Gasteiger partial charge in [-0.1, -0.05) is 6.92 Å². The number of aliphatic hydroxyl groups excluding tert-OH is 1. The Morgan fingerprint density at radius 1 is 1.71 bits per heavy atom. The summed E-state index contributed by atoms with van der Waals surface area (Å²) in [7, 11) is 0. The molecule has 0 aliphatic carbocycles. The number of halogens is 1. The highest BCUT2D eigenvalue weighted by Crippen LogP contribution is 1.99. The van der Waals surface area contributed by atoms with Crippen molar-refractivity contribution >= 4 is 0 Å². The van der Waals surface area contributed by atoms with Crippen LogP contribution in [0.25, 0.3) is 0 Å². The van der Waals surface area contributed by atoms with Crippen molar-refractivity contribution in [2.75, 3.05) is 13.3 Å². The van der Waals surface area contributed by atoms with Gasteiger partial charge in [-0.25, -0.2) is 0 Å². The zero-order chi connectivity index (χ0) is 5.70.